The molecular weight excluding hydrogens is 688 g/mol. The number of aliphatic hydroxyl groups excluding tert-OH is 8. The van der Waals surface area contributed by atoms with E-state index in [0.717, 1.165) is 21.8 Å². The number of carbonyl (C=O) groups excluding carboxylic acids is 1. The third kappa shape index (κ3) is 8.18. The first-order valence-electron chi connectivity index (χ1n) is 17.9. The molecule has 53 heavy (non-hydrogen) atoms. The number of hydrogen-bond donors (Lipinski definition) is 8. The van der Waals surface area contributed by atoms with Gasteiger partial charge >= 0.3 is 6.09 Å². The Morgan fingerprint density at radius 3 is 1.72 bits per heavy atom. The van der Waals surface area contributed by atoms with Gasteiger partial charge in [0, 0.05) is 47.6 Å². The number of rotatable bonds is 4. The SMILES string of the molecule is CC(C)(C)OC(=O)N1CCC(n2c3cc(C#C[C@H]4O[C@H](CO)[C@@H](O)[C@H](O)[C@@H]4O)ccc3c3ccc(C#C[C@H]4O[C@H](CCO)[C@@H](O)[C@H](O)[C@@H]4O)cc32)CC1. The topological polar surface area (TPSA) is 215 Å². The maximum Gasteiger partial charge on any atom is 0.410 e. The number of hydrogen-bond acceptors (Lipinski definition) is 12. The van der Waals surface area contributed by atoms with E-state index >= 15 is 0 Å². The van der Waals surface area contributed by atoms with E-state index in [2.05, 4.69) is 28.2 Å². The van der Waals surface area contributed by atoms with Crippen molar-refractivity contribution in [2.24, 2.45) is 0 Å². The average Bonchev–Trinajstić information content (AvgIpc) is 3.45. The summed E-state index contributed by atoms with van der Waals surface area (Å²) in [5.41, 5.74) is 2.29. The molecule has 0 radical (unpaired) electrons. The zero-order valence-corrected chi connectivity index (χ0v) is 29.9. The summed E-state index contributed by atoms with van der Waals surface area (Å²) >= 11 is 0. The molecule has 3 aliphatic heterocycles. The van der Waals surface area contributed by atoms with Crippen molar-refractivity contribution >= 4 is 27.9 Å². The molecule has 6 rings (SSSR count). The van der Waals surface area contributed by atoms with Gasteiger partial charge in [0.1, 0.15) is 60.5 Å². The Balaban J connectivity index is 1.36. The largest absolute Gasteiger partial charge is 0.444 e. The summed E-state index contributed by atoms with van der Waals surface area (Å²) in [6.07, 6.45) is -12.1. The van der Waals surface area contributed by atoms with E-state index < -0.39 is 73.2 Å². The number of piperidine rings is 1. The molecule has 1 aromatic heterocycles. The van der Waals surface area contributed by atoms with Gasteiger partial charge in [-0.3, -0.25) is 0 Å². The fraction of sp³-hybridized carbons (Fsp3) is 0.564. The highest BCUT2D eigenvalue weighted by Gasteiger charge is 2.44. The van der Waals surface area contributed by atoms with Crippen molar-refractivity contribution in [3.05, 3.63) is 47.5 Å². The summed E-state index contributed by atoms with van der Waals surface area (Å²) in [6.45, 7) is 5.59. The molecule has 0 bridgehead atoms. The summed E-state index contributed by atoms with van der Waals surface area (Å²) in [5.74, 6) is 11.8. The van der Waals surface area contributed by atoms with Crippen LogP contribution in [0.4, 0.5) is 4.79 Å². The van der Waals surface area contributed by atoms with Crippen molar-refractivity contribution in [2.75, 3.05) is 26.3 Å². The van der Waals surface area contributed by atoms with Gasteiger partial charge < -0.3 is 64.5 Å². The summed E-state index contributed by atoms with van der Waals surface area (Å²) in [4.78, 5) is 14.6. The number of likely N-dealkylation sites (tertiary alicyclic amines) is 1. The first-order valence-corrected chi connectivity index (χ1v) is 17.9. The number of carbonyl (C=O) groups is 1. The van der Waals surface area contributed by atoms with Gasteiger partial charge in [-0.15, -0.1) is 0 Å². The summed E-state index contributed by atoms with van der Waals surface area (Å²) in [5, 5.41) is 82.9. The second-order valence-corrected chi connectivity index (χ2v) is 14.9. The molecule has 3 fully saturated rings. The number of ether oxygens (including phenoxy) is 3. The van der Waals surface area contributed by atoms with Gasteiger partial charge in [-0.1, -0.05) is 35.8 Å². The molecular formula is C39H48N2O12. The maximum absolute atomic E-state index is 12.9. The lowest BCUT2D eigenvalue weighted by atomic mass is 9.93. The van der Waals surface area contributed by atoms with Gasteiger partial charge in [-0.2, -0.15) is 0 Å². The van der Waals surface area contributed by atoms with Crippen LogP contribution in [0, 0.1) is 23.7 Å². The van der Waals surface area contributed by atoms with Crippen LogP contribution in [-0.2, 0) is 14.2 Å². The molecule has 3 aromatic rings. The fourth-order valence-electron chi connectivity index (χ4n) is 7.19. The molecule has 0 saturated carbocycles. The number of aromatic nitrogens is 1. The zero-order valence-electron chi connectivity index (χ0n) is 29.9. The molecule has 1 amide bonds. The molecule has 286 valence electrons. The molecule has 8 N–H and O–H groups in total. The summed E-state index contributed by atoms with van der Waals surface area (Å²) in [7, 11) is 0. The Kier molecular flexibility index (Phi) is 11.7. The molecule has 14 heteroatoms. The normalized spacial score (nSPS) is 31.1. The molecule has 4 heterocycles. The third-order valence-corrected chi connectivity index (χ3v) is 10.0. The van der Waals surface area contributed by atoms with Crippen molar-refractivity contribution in [3.8, 4) is 23.7 Å². The maximum atomic E-state index is 12.9. The van der Waals surface area contributed by atoms with Crippen molar-refractivity contribution < 1.29 is 59.9 Å². The number of nitrogens with zero attached hydrogens (tertiary/aromatic N) is 2. The van der Waals surface area contributed by atoms with Gasteiger partial charge in [-0.25, -0.2) is 4.79 Å². The lowest BCUT2D eigenvalue weighted by molar-refractivity contribution is -0.214. The molecule has 10 atom stereocenters. The molecule has 14 nitrogen and oxygen atoms in total. The highest BCUT2D eigenvalue weighted by Crippen LogP contribution is 2.37. The quantitative estimate of drug-likeness (QED) is 0.168. The Morgan fingerprint density at radius 1 is 0.755 bits per heavy atom. The lowest BCUT2D eigenvalue weighted by Gasteiger charge is -2.38. The molecule has 2 aromatic carbocycles. The first-order chi connectivity index (χ1) is 25.2. The van der Waals surface area contributed by atoms with Crippen LogP contribution >= 0.6 is 0 Å². The Morgan fingerprint density at radius 2 is 1.25 bits per heavy atom. The monoisotopic (exact) mass is 736 g/mol. The minimum absolute atomic E-state index is 0.0371. The second-order valence-electron chi connectivity index (χ2n) is 14.9. The summed E-state index contributed by atoms with van der Waals surface area (Å²) in [6, 6.07) is 11.3. The Hall–Kier alpha value is -3.77. The number of amides is 1. The smallest absolute Gasteiger partial charge is 0.410 e. The van der Waals surface area contributed by atoms with Crippen LogP contribution in [0.15, 0.2) is 36.4 Å². The average molecular weight is 737 g/mol. The molecule has 3 aliphatic rings. The lowest BCUT2D eigenvalue weighted by Crippen LogP contribution is -2.58. The van der Waals surface area contributed by atoms with E-state index in [1.165, 1.54) is 0 Å². The van der Waals surface area contributed by atoms with Crippen molar-refractivity contribution in [1.29, 1.82) is 0 Å². The van der Waals surface area contributed by atoms with E-state index in [9.17, 15) is 45.6 Å². The van der Waals surface area contributed by atoms with Crippen LogP contribution in [0.1, 0.15) is 57.2 Å². The van der Waals surface area contributed by atoms with Gasteiger partial charge in [0.15, 0.2) is 0 Å². The van der Waals surface area contributed by atoms with Crippen LogP contribution in [-0.4, -0.2) is 149 Å². The van der Waals surface area contributed by atoms with Gasteiger partial charge in [0.05, 0.1) is 23.7 Å². The molecule has 0 spiro atoms. The highest BCUT2D eigenvalue weighted by atomic mass is 16.6. The predicted molar refractivity (Wildman–Crippen MR) is 191 cm³/mol. The van der Waals surface area contributed by atoms with Crippen LogP contribution in [0.25, 0.3) is 21.8 Å². The Bertz CT molecular complexity index is 1910. The number of fused-ring (bicyclic) bond motifs is 3. The summed E-state index contributed by atoms with van der Waals surface area (Å²) < 4.78 is 19.1. The molecule has 0 unspecified atom stereocenters. The van der Waals surface area contributed by atoms with Crippen LogP contribution in [0.2, 0.25) is 0 Å². The molecule has 3 saturated heterocycles. The van der Waals surface area contributed by atoms with Crippen molar-refractivity contribution in [3.63, 3.8) is 0 Å². The third-order valence-electron chi connectivity index (χ3n) is 10.0. The van der Waals surface area contributed by atoms with E-state index in [4.69, 9.17) is 14.2 Å². The standard InChI is InChI=1S/C39H48N2O12/c1-39(2,3)53-38(50)40-15-12-23(13-16-40)41-26-18-21(6-10-28-32(44)36(48)34(46)30(51-28)14-17-42)4-8-24(26)25-9-5-22(19-27(25)41)7-11-29-33(45)37(49)35(47)31(20-43)52-29/h4-5,8-9,18-19,23,28-37,42-49H,12-17,20H2,1-3H3/t28-,29-,30-,31-,32-,33-,34-,35-,36-,37-/m1/s1. The van der Waals surface area contributed by atoms with Crippen molar-refractivity contribution in [1.82, 2.24) is 9.47 Å². The minimum atomic E-state index is -1.54. The minimum Gasteiger partial charge on any atom is -0.444 e. The van der Waals surface area contributed by atoms with Gasteiger partial charge in [0.25, 0.3) is 0 Å². The number of aliphatic hydroxyl groups is 8. The molecule has 0 aliphatic carbocycles. The fourth-order valence-corrected chi connectivity index (χ4v) is 7.19. The zero-order chi connectivity index (χ0) is 38.2. The van der Waals surface area contributed by atoms with E-state index in [0.29, 0.717) is 37.1 Å². The van der Waals surface area contributed by atoms with Crippen molar-refractivity contribution in [2.45, 2.75) is 113 Å². The van der Waals surface area contributed by atoms with Gasteiger partial charge in [-0.05, 0) is 64.3 Å². The number of benzene rings is 2. The van der Waals surface area contributed by atoms with Crippen LogP contribution < -0.4 is 0 Å². The van der Waals surface area contributed by atoms with E-state index in [1.807, 2.05) is 57.2 Å². The van der Waals surface area contributed by atoms with Crippen LogP contribution in [0.5, 0.6) is 0 Å². The van der Waals surface area contributed by atoms with Gasteiger partial charge in [0.2, 0.25) is 0 Å². The van der Waals surface area contributed by atoms with Crippen LogP contribution in [0.3, 0.4) is 0 Å². The first kappa shape index (κ1) is 38.9. The predicted octanol–water partition coefficient (Wildman–Crippen LogP) is 0.144. The highest BCUT2D eigenvalue weighted by molar-refractivity contribution is 6.08. The second kappa shape index (κ2) is 15.9. The van der Waals surface area contributed by atoms with E-state index in [-0.39, 0.29) is 25.2 Å². The Labute approximate surface area is 307 Å². The van der Waals surface area contributed by atoms with E-state index in [1.54, 1.807) is 4.90 Å².